The third kappa shape index (κ3) is 4.88. The van der Waals surface area contributed by atoms with Crippen LogP contribution in [0.25, 0.3) is 0 Å². The van der Waals surface area contributed by atoms with Crippen LogP contribution in [0.15, 0.2) is 42.5 Å². The van der Waals surface area contributed by atoms with Gasteiger partial charge in [-0.3, -0.25) is 24.4 Å². The summed E-state index contributed by atoms with van der Waals surface area (Å²) in [5.41, 5.74) is -0.975. The molecule has 2 aromatic carbocycles. The van der Waals surface area contributed by atoms with Crippen molar-refractivity contribution in [2.45, 2.75) is 62.1 Å². The number of carbonyl (C=O) groups excluding carboxylic acids is 3. The molecular weight excluding hydrogens is 545 g/mol. The summed E-state index contributed by atoms with van der Waals surface area (Å²) in [6, 6.07) is 10.4. The minimum absolute atomic E-state index is 0.0509. The molecule has 218 valence electrons. The highest BCUT2D eigenvalue weighted by atomic mass is 16.9. The number of fused-ring (bicyclic) bond motifs is 1. The Morgan fingerprint density at radius 1 is 0.951 bits per heavy atom. The average molecular weight is 573 g/mol. The molecule has 3 amide bonds. The zero-order valence-corrected chi connectivity index (χ0v) is 21.7. The number of benzene rings is 2. The summed E-state index contributed by atoms with van der Waals surface area (Å²) >= 11 is 0. The summed E-state index contributed by atoms with van der Waals surface area (Å²) in [4.78, 5) is 38.5. The number of hydrogen-bond donors (Lipinski definition) is 8. The van der Waals surface area contributed by atoms with Gasteiger partial charge in [-0.25, -0.2) is 4.90 Å². The average Bonchev–Trinajstić information content (AvgIpc) is 3.21. The van der Waals surface area contributed by atoms with Gasteiger partial charge in [-0.15, -0.1) is 0 Å². The maximum absolute atomic E-state index is 13.0. The second-order valence-electron chi connectivity index (χ2n) is 10.3. The standard InChI is InChI=1S/C25H28BN3O12/c26-22(33)24(36,37)41-25(38,39)23(34,35)29(22)10-13-4-6-14(7-5-13)12-40-18-3-1-2-15-16(18)11-28(21(15)32)17-8-9-19(30)27-20(17)31/h1-7,17,33-39H,8-12,26H2,(H,27,30,31). The lowest BCUT2D eigenvalue weighted by Gasteiger charge is -2.57. The Morgan fingerprint density at radius 2 is 1.61 bits per heavy atom. The molecule has 5 rings (SSSR count). The quantitative estimate of drug-likeness (QED) is 0.0939. The van der Waals surface area contributed by atoms with Gasteiger partial charge in [0.15, 0.2) is 13.5 Å². The van der Waals surface area contributed by atoms with Crippen LogP contribution < -0.4 is 10.1 Å². The zero-order valence-electron chi connectivity index (χ0n) is 21.7. The molecule has 15 nitrogen and oxygen atoms in total. The molecule has 0 aromatic heterocycles. The van der Waals surface area contributed by atoms with Crippen molar-refractivity contribution < 1.29 is 59.6 Å². The molecule has 0 saturated carbocycles. The Kier molecular flexibility index (Phi) is 6.97. The number of amides is 3. The van der Waals surface area contributed by atoms with Crippen molar-refractivity contribution in [3.63, 3.8) is 0 Å². The molecule has 2 aromatic rings. The normalized spacial score (nSPS) is 27.0. The molecule has 2 saturated heterocycles. The number of piperidine rings is 1. The van der Waals surface area contributed by atoms with Crippen LogP contribution >= 0.6 is 0 Å². The van der Waals surface area contributed by atoms with E-state index in [4.69, 9.17) is 4.74 Å². The van der Waals surface area contributed by atoms with Crippen LogP contribution in [-0.2, 0) is 34.0 Å². The fourth-order valence-electron chi connectivity index (χ4n) is 5.06. The fourth-order valence-corrected chi connectivity index (χ4v) is 5.06. The summed E-state index contributed by atoms with van der Waals surface area (Å²) in [5.74, 6) is -11.9. The van der Waals surface area contributed by atoms with E-state index in [1.807, 2.05) is 0 Å². The molecule has 8 N–H and O–H groups in total. The van der Waals surface area contributed by atoms with Crippen LogP contribution in [0.5, 0.6) is 5.75 Å². The van der Waals surface area contributed by atoms with Crippen LogP contribution in [0.4, 0.5) is 0 Å². The SMILES string of the molecule is BC1(O)N(Cc2ccc(COc3cccc4c3CN(C3CCC(=O)NC3=O)C4=O)cc2)C(O)(O)C(O)(O)OC1(O)O. The Labute approximate surface area is 233 Å². The van der Waals surface area contributed by atoms with Gasteiger partial charge in [0.2, 0.25) is 11.8 Å². The van der Waals surface area contributed by atoms with E-state index in [1.165, 1.54) is 17.0 Å². The molecule has 0 spiro atoms. The van der Waals surface area contributed by atoms with Gasteiger partial charge in [0.05, 0.1) is 6.54 Å². The third-order valence-electron chi connectivity index (χ3n) is 7.54. The van der Waals surface area contributed by atoms with Crippen molar-refractivity contribution in [1.29, 1.82) is 0 Å². The van der Waals surface area contributed by atoms with Gasteiger partial charge in [0, 0.05) is 24.1 Å². The number of rotatable bonds is 6. The first kappa shape index (κ1) is 29.1. The highest BCUT2D eigenvalue weighted by Gasteiger charge is 2.71. The lowest BCUT2D eigenvalue weighted by atomic mass is 9.83. The number of hydrogen-bond acceptors (Lipinski definition) is 13. The van der Waals surface area contributed by atoms with E-state index in [0.29, 0.717) is 28.0 Å². The molecule has 41 heavy (non-hydrogen) atoms. The van der Waals surface area contributed by atoms with Gasteiger partial charge in [0.1, 0.15) is 18.4 Å². The third-order valence-corrected chi connectivity index (χ3v) is 7.54. The second-order valence-corrected chi connectivity index (χ2v) is 10.3. The maximum atomic E-state index is 13.0. The van der Waals surface area contributed by atoms with E-state index < -0.39 is 42.0 Å². The van der Waals surface area contributed by atoms with E-state index in [1.54, 1.807) is 30.3 Å². The first-order valence-electron chi connectivity index (χ1n) is 12.6. The Bertz CT molecular complexity index is 1370. The first-order chi connectivity index (χ1) is 19.0. The molecule has 3 heterocycles. The minimum atomic E-state index is -3.88. The highest BCUT2D eigenvalue weighted by molar-refractivity contribution is 6.14. The fraction of sp³-hybridized carbons (Fsp3) is 0.400. The number of ether oxygens (including phenoxy) is 2. The number of imide groups is 1. The van der Waals surface area contributed by atoms with Crippen molar-refractivity contribution in [2.24, 2.45) is 0 Å². The predicted molar refractivity (Wildman–Crippen MR) is 135 cm³/mol. The summed E-state index contributed by atoms with van der Waals surface area (Å²) in [6.45, 7) is -0.413. The molecule has 2 fully saturated rings. The highest BCUT2D eigenvalue weighted by Crippen LogP contribution is 2.42. The molecule has 2 atom stereocenters. The van der Waals surface area contributed by atoms with E-state index >= 15 is 0 Å². The monoisotopic (exact) mass is 573 g/mol. The van der Waals surface area contributed by atoms with Gasteiger partial charge in [-0.05, 0) is 29.7 Å². The molecule has 0 aliphatic carbocycles. The largest absolute Gasteiger partial charge is 0.489 e. The molecular formula is C25H28BN3O12. The first-order valence-corrected chi connectivity index (χ1v) is 12.6. The lowest BCUT2D eigenvalue weighted by Crippen LogP contribution is -2.84. The second kappa shape index (κ2) is 9.83. The van der Waals surface area contributed by atoms with Crippen molar-refractivity contribution in [1.82, 2.24) is 15.1 Å². The van der Waals surface area contributed by atoms with Gasteiger partial charge < -0.3 is 45.4 Å². The molecule has 16 heteroatoms. The van der Waals surface area contributed by atoms with Gasteiger partial charge >= 0.3 is 17.9 Å². The Hall–Kier alpha value is -3.45. The predicted octanol–water partition coefficient (Wildman–Crippen LogP) is -3.95. The van der Waals surface area contributed by atoms with E-state index in [-0.39, 0.29) is 42.7 Å². The smallest absolute Gasteiger partial charge is 0.356 e. The van der Waals surface area contributed by atoms with E-state index in [0.717, 1.165) is 7.85 Å². The van der Waals surface area contributed by atoms with Crippen LogP contribution in [0.1, 0.15) is 39.9 Å². The maximum Gasteiger partial charge on any atom is 0.356 e. The molecule has 0 bridgehead atoms. The number of nitrogens with one attached hydrogen (secondary N) is 1. The van der Waals surface area contributed by atoms with Gasteiger partial charge in [-0.2, -0.15) is 0 Å². The molecule has 3 aliphatic rings. The lowest BCUT2D eigenvalue weighted by molar-refractivity contribution is -0.621. The van der Waals surface area contributed by atoms with Crippen molar-refractivity contribution in [3.05, 3.63) is 64.7 Å². The van der Waals surface area contributed by atoms with Crippen LogP contribution in [-0.4, -0.2) is 101 Å². The van der Waals surface area contributed by atoms with Crippen LogP contribution in [0.3, 0.4) is 0 Å². The van der Waals surface area contributed by atoms with Crippen LogP contribution in [0.2, 0.25) is 0 Å². The Morgan fingerprint density at radius 3 is 2.27 bits per heavy atom. The van der Waals surface area contributed by atoms with Gasteiger partial charge in [-0.1, -0.05) is 30.3 Å². The van der Waals surface area contributed by atoms with Crippen LogP contribution in [0, 0.1) is 0 Å². The minimum Gasteiger partial charge on any atom is -0.489 e. The van der Waals surface area contributed by atoms with Crippen molar-refractivity contribution >= 4 is 25.6 Å². The van der Waals surface area contributed by atoms with E-state index in [9.17, 15) is 50.1 Å². The zero-order chi connectivity index (χ0) is 30.0. The summed E-state index contributed by atoms with van der Waals surface area (Å²) in [6.07, 6.45) is 0.369. The molecule has 0 radical (unpaired) electrons. The number of nitrogens with zero attached hydrogens (tertiary/aromatic N) is 2. The van der Waals surface area contributed by atoms with Gasteiger partial charge in [0.25, 0.3) is 5.91 Å². The summed E-state index contributed by atoms with van der Waals surface area (Å²) < 4.78 is 10.1. The topological polar surface area (TPSA) is 230 Å². The Balaban J connectivity index is 1.28. The number of carbonyl (C=O) groups is 3. The summed E-state index contributed by atoms with van der Waals surface area (Å²) in [7, 11) is 0.774. The number of morpholine rings is 1. The summed E-state index contributed by atoms with van der Waals surface area (Å²) in [5, 5.41) is 72.9. The van der Waals surface area contributed by atoms with Crippen molar-refractivity contribution in [2.75, 3.05) is 0 Å². The number of aliphatic hydroxyl groups is 7. The molecule has 3 aliphatic heterocycles. The van der Waals surface area contributed by atoms with Crippen molar-refractivity contribution in [3.8, 4) is 5.75 Å². The van der Waals surface area contributed by atoms with E-state index in [2.05, 4.69) is 10.1 Å². The molecule has 2 unspecified atom stereocenters.